The van der Waals surface area contributed by atoms with E-state index in [-0.39, 0.29) is 22.5 Å². The van der Waals surface area contributed by atoms with Crippen LogP contribution >= 0.6 is 0 Å². The minimum atomic E-state index is -0.733. The molecular weight excluding hydrogens is 365 g/mol. The van der Waals surface area contributed by atoms with Crippen LogP contribution in [0.15, 0.2) is 42.6 Å². The van der Waals surface area contributed by atoms with Crippen molar-refractivity contribution < 1.29 is 23.5 Å². The van der Waals surface area contributed by atoms with Crippen LogP contribution in [0.25, 0.3) is 16.8 Å². The molecule has 2 heterocycles. The van der Waals surface area contributed by atoms with Crippen molar-refractivity contribution in [2.45, 2.75) is 26.4 Å². The summed E-state index contributed by atoms with van der Waals surface area (Å²) in [4.78, 5) is 24.3. The third-order valence-electron chi connectivity index (χ3n) is 3.76. The lowest BCUT2D eigenvalue weighted by Gasteiger charge is -2.19. The van der Waals surface area contributed by atoms with E-state index in [1.807, 2.05) is 6.07 Å². The Morgan fingerprint density at radius 1 is 1.18 bits per heavy atom. The second kappa shape index (κ2) is 7.30. The highest BCUT2D eigenvalue weighted by molar-refractivity contribution is 6.03. The first-order valence-electron chi connectivity index (χ1n) is 8.55. The maximum Gasteiger partial charge on any atom is 0.412 e. The van der Waals surface area contributed by atoms with Gasteiger partial charge in [0.15, 0.2) is 5.82 Å². The minimum Gasteiger partial charge on any atom is -0.465 e. The number of methoxy groups -OCH3 is 1. The van der Waals surface area contributed by atoms with Gasteiger partial charge in [-0.05, 0) is 20.8 Å². The van der Waals surface area contributed by atoms with E-state index < -0.39 is 23.5 Å². The van der Waals surface area contributed by atoms with Gasteiger partial charge in [-0.1, -0.05) is 30.3 Å². The van der Waals surface area contributed by atoms with Crippen LogP contribution in [0.4, 0.5) is 14.9 Å². The smallest absolute Gasteiger partial charge is 0.412 e. The number of carbonyl (C=O) groups is 2. The Bertz CT molecular complexity index is 1040. The Morgan fingerprint density at radius 2 is 1.86 bits per heavy atom. The molecule has 1 N–H and O–H groups in total. The Kier molecular flexibility index (Phi) is 5.04. The Balaban J connectivity index is 2.10. The van der Waals surface area contributed by atoms with E-state index in [4.69, 9.17) is 9.47 Å². The fourth-order valence-electron chi connectivity index (χ4n) is 2.71. The van der Waals surface area contributed by atoms with Gasteiger partial charge >= 0.3 is 12.1 Å². The molecule has 0 bridgehead atoms. The quantitative estimate of drug-likeness (QED) is 0.681. The molecule has 8 heteroatoms. The number of benzene rings is 1. The van der Waals surface area contributed by atoms with Gasteiger partial charge in [-0.3, -0.25) is 5.32 Å². The van der Waals surface area contributed by atoms with Crippen LogP contribution in [0.1, 0.15) is 31.1 Å². The first-order valence-corrected chi connectivity index (χ1v) is 8.55. The number of carbonyl (C=O) groups excluding carboxylic acids is 2. The molecule has 0 aliphatic heterocycles. The Labute approximate surface area is 161 Å². The largest absolute Gasteiger partial charge is 0.465 e. The molecule has 0 fully saturated rings. The van der Waals surface area contributed by atoms with Gasteiger partial charge in [0.1, 0.15) is 22.4 Å². The molecule has 0 saturated heterocycles. The SMILES string of the molecule is COC(=O)c1c(-c2ccccc2)nn2cc(NC(=O)OC(C)(C)C)cc(F)c12. The summed E-state index contributed by atoms with van der Waals surface area (Å²) in [6, 6.07) is 10.00. The molecule has 28 heavy (non-hydrogen) atoms. The standard InChI is InChI=1S/C20H20FN3O4/c1-20(2,3)28-19(26)22-13-10-14(21)17-15(18(25)27-4)16(23-24(17)11-13)12-8-6-5-7-9-12/h5-11H,1-4H3,(H,22,26). The lowest BCUT2D eigenvalue weighted by atomic mass is 10.1. The normalized spacial score (nSPS) is 11.3. The van der Waals surface area contributed by atoms with Gasteiger partial charge in [-0.2, -0.15) is 5.10 Å². The third kappa shape index (κ3) is 3.95. The summed E-state index contributed by atoms with van der Waals surface area (Å²) in [7, 11) is 1.22. The van der Waals surface area contributed by atoms with E-state index >= 15 is 0 Å². The minimum absolute atomic E-state index is 0.00928. The van der Waals surface area contributed by atoms with Gasteiger partial charge in [0.05, 0.1) is 19.0 Å². The molecule has 0 atom stereocenters. The molecule has 0 spiro atoms. The van der Waals surface area contributed by atoms with Crippen LogP contribution < -0.4 is 5.32 Å². The highest BCUT2D eigenvalue weighted by Gasteiger charge is 2.25. The number of esters is 1. The number of hydrogen-bond acceptors (Lipinski definition) is 5. The maximum absolute atomic E-state index is 14.9. The summed E-state index contributed by atoms with van der Waals surface area (Å²) in [5.74, 6) is -1.44. The summed E-state index contributed by atoms with van der Waals surface area (Å²) in [6.45, 7) is 5.16. The molecular formula is C20H20FN3O4. The molecule has 1 aromatic carbocycles. The fourth-order valence-corrected chi connectivity index (χ4v) is 2.71. The third-order valence-corrected chi connectivity index (χ3v) is 3.76. The van der Waals surface area contributed by atoms with E-state index in [0.29, 0.717) is 5.56 Å². The maximum atomic E-state index is 14.9. The number of pyridine rings is 1. The number of halogens is 1. The van der Waals surface area contributed by atoms with Crippen LogP contribution in [-0.4, -0.2) is 34.4 Å². The fraction of sp³-hybridized carbons (Fsp3) is 0.250. The van der Waals surface area contributed by atoms with Gasteiger partial charge in [-0.15, -0.1) is 0 Å². The monoisotopic (exact) mass is 385 g/mol. The van der Waals surface area contributed by atoms with Gasteiger partial charge in [0.2, 0.25) is 0 Å². The summed E-state index contributed by atoms with van der Waals surface area (Å²) in [5.41, 5.74) is 0.318. The van der Waals surface area contributed by atoms with Crippen LogP contribution in [0.3, 0.4) is 0 Å². The summed E-state index contributed by atoms with van der Waals surface area (Å²) >= 11 is 0. The van der Waals surface area contributed by atoms with E-state index in [9.17, 15) is 14.0 Å². The van der Waals surface area contributed by atoms with Gasteiger partial charge in [0, 0.05) is 11.6 Å². The summed E-state index contributed by atoms with van der Waals surface area (Å²) in [5, 5.41) is 6.80. The number of ether oxygens (including phenoxy) is 2. The average molecular weight is 385 g/mol. The second-order valence-corrected chi connectivity index (χ2v) is 7.08. The zero-order chi connectivity index (χ0) is 20.5. The van der Waals surface area contributed by atoms with Crippen molar-refractivity contribution in [2.75, 3.05) is 12.4 Å². The molecule has 3 rings (SSSR count). The number of anilines is 1. The van der Waals surface area contributed by atoms with Gasteiger partial charge in [-0.25, -0.2) is 18.5 Å². The zero-order valence-electron chi connectivity index (χ0n) is 15.9. The Hall–Kier alpha value is -3.42. The number of nitrogens with one attached hydrogen (secondary N) is 1. The van der Waals surface area contributed by atoms with E-state index in [1.165, 1.54) is 17.8 Å². The average Bonchev–Trinajstić information content (AvgIpc) is 3.00. The second-order valence-electron chi connectivity index (χ2n) is 7.08. The predicted molar refractivity (Wildman–Crippen MR) is 102 cm³/mol. The number of aromatic nitrogens is 2. The van der Waals surface area contributed by atoms with Crippen molar-refractivity contribution in [3.8, 4) is 11.3 Å². The molecule has 0 aliphatic carbocycles. The van der Waals surface area contributed by atoms with Crippen LogP contribution in [0.5, 0.6) is 0 Å². The molecule has 0 unspecified atom stereocenters. The van der Waals surface area contributed by atoms with Crippen molar-refractivity contribution >= 4 is 23.3 Å². The molecule has 7 nitrogen and oxygen atoms in total. The van der Waals surface area contributed by atoms with Crippen molar-refractivity contribution in [3.63, 3.8) is 0 Å². The van der Waals surface area contributed by atoms with Crippen molar-refractivity contribution in [1.82, 2.24) is 9.61 Å². The molecule has 146 valence electrons. The number of nitrogens with zero attached hydrogens (tertiary/aromatic N) is 2. The van der Waals surface area contributed by atoms with E-state index in [0.717, 1.165) is 6.07 Å². The molecule has 3 aromatic rings. The number of hydrogen-bond donors (Lipinski definition) is 1. The van der Waals surface area contributed by atoms with Gasteiger partial charge < -0.3 is 9.47 Å². The first-order chi connectivity index (χ1) is 13.2. The van der Waals surface area contributed by atoms with E-state index in [2.05, 4.69) is 10.4 Å². The highest BCUT2D eigenvalue weighted by Crippen LogP contribution is 2.29. The molecule has 0 aliphatic rings. The lowest BCUT2D eigenvalue weighted by Crippen LogP contribution is -2.27. The van der Waals surface area contributed by atoms with Crippen LogP contribution in [0.2, 0.25) is 0 Å². The number of fused-ring (bicyclic) bond motifs is 1. The summed E-state index contributed by atoms with van der Waals surface area (Å²) in [6.07, 6.45) is 0.677. The van der Waals surface area contributed by atoms with Crippen LogP contribution in [-0.2, 0) is 9.47 Å². The van der Waals surface area contributed by atoms with Crippen molar-refractivity contribution in [2.24, 2.45) is 0 Å². The molecule has 0 saturated carbocycles. The highest BCUT2D eigenvalue weighted by atomic mass is 19.1. The topological polar surface area (TPSA) is 81.9 Å². The van der Waals surface area contributed by atoms with Crippen LogP contribution in [0, 0.1) is 5.82 Å². The van der Waals surface area contributed by atoms with Crippen molar-refractivity contribution in [1.29, 1.82) is 0 Å². The molecule has 2 aromatic heterocycles. The van der Waals surface area contributed by atoms with E-state index in [1.54, 1.807) is 45.0 Å². The predicted octanol–water partition coefficient (Wildman–Crippen LogP) is 4.27. The lowest BCUT2D eigenvalue weighted by molar-refractivity contribution is 0.0600. The number of amides is 1. The first kappa shape index (κ1) is 19.3. The summed E-state index contributed by atoms with van der Waals surface area (Å²) < 4.78 is 26.1. The molecule has 0 radical (unpaired) electrons. The Morgan fingerprint density at radius 3 is 2.46 bits per heavy atom. The number of rotatable bonds is 3. The molecule has 1 amide bonds. The van der Waals surface area contributed by atoms with Gasteiger partial charge in [0.25, 0.3) is 0 Å². The van der Waals surface area contributed by atoms with Crippen molar-refractivity contribution in [3.05, 3.63) is 54.0 Å². The zero-order valence-corrected chi connectivity index (χ0v) is 15.9.